The Kier molecular flexibility index (Phi) is 4.88. The Balaban J connectivity index is 1.83. The third-order valence-electron chi connectivity index (χ3n) is 3.45. The van der Waals surface area contributed by atoms with E-state index in [1.54, 1.807) is 12.3 Å². The zero-order chi connectivity index (χ0) is 18.7. The van der Waals surface area contributed by atoms with Crippen molar-refractivity contribution in [3.05, 3.63) is 47.9 Å². The van der Waals surface area contributed by atoms with Gasteiger partial charge in [-0.15, -0.1) is 0 Å². The molecule has 26 heavy (non-hydrogen) atoms. The van der Waals surface area contributed by atoms with Gasteiger partial charge in [0.15, 0.2) is 5.82 Å². The fraction of sp³-hybridized carbons (Fsp3) is 0.294. The van der Waals surface area contributed by atoms with Crippen molar-refractivity contribution < 1.29 is 13.2 Å². The molecular weight excluding hydrogens is 345 g/mol. The van der Waals surface area contributed by atoms with Gasteiger partial charge in [-0.3, -0.25) is 9.97 Å². The number of nitrogens with zero attached hydrogens (tertiary/aromatic N) is 4. The fourth-order valence-electron chi connectivity index (χ4n) is 2.30. The maximum Gasteiger partial charge on any atom is 0.433 e. The number of halogens is 3. The monoisotopic (exact) mass is 362 g/mol. The molecule has 0 fully saturated rings. The Labute approximate surface area is 147 Å². The van der Waals surface area contributed by atoms with Gasteiger partial charge in [0.05, 0.1) is 5.52 Å². The van der Waals surface area contributed by atoms with Crippen LogP contribution < -0.4 is 10.6 Å². The summed E-state index contributed by atoms with van der Waals surface area (Å²) in [6.45, 7) is 4.20. The quantitative estimate of drug-likeness (QED) is 0.718. The van der Waals surface area contributed by atoms with Gasteiger partial charge in [-0.05, 0) is 37.6 Å². The molecule has 2 N–H and O–H groups in total. The van der Waals surface area contributed by atoms with Crippen LogP contribution in [0.2, 0.25) is 0 Å². The van der Waals surface area contributed by atoms with Crippen LogP contribution in [-0.2, 0) is 12.7 Å². The molecule has 0 amide bonds. The van der Waals surface area contributed by atoms with E-state index in [0.29, 0.717) is 28.4 Å². The number of nitrogens with one attached hydrogen (secondary N) is 2. The molecule has 9 heteroatoms. The summed E-state index contributed by atoms with van der Waals surface area (Å²) in [6, 6.07) is 6.08. The third-order valence-corrected chi connectivity index (χ3v) is 3.45. The van der Waals surface area contributed by atoms with Crippen LogP contribution >= 0.6 is 0 Å². The Morgan fingerprint density at radius 2 is 1.88 bits per heavy atom. The second-order valence-electron chi connectivity index (χ2n) is 5.97. The molecule has 0 atom stereocenters. The fourth-order valence-corrected chi connectivity index (χ4v) is 2.30. The lowest BCUT2D eigenvalue weighted by atomic mass is 10.2. The molecule has 0 saturated carbocycles. The zero-order valence-corrected chi connectivity index (χ0v) is 14.2. The summed E-state index contributed by atoms with van der Waals surface area (Å²) in [6.07, 6.45) is -1.62. The largest absolute Gasteiger partial charge is 0.433 e. The molecule has 0 aliphatic heterocycles. The van der Waals surface area contributed by atoms with E-state index in [1.165, 1.54) is 12.3 Å². The lowest BCUT2D eigenvalue weighted by molar-refractivity contribution is -0.141. The van der Waals surface area contributed by atoms with Crippen LogP contribution in [-0.4, -0.2) is 26.0 Å². The van der Waals surface area contributed by atoms with Crippen LogP contribution in [0.1, 0.15) is 25.1 Å². The van der Waals surface area contributed by atoms with Gasteiger partial charge in [-0.1, -0.05) is 6.07 Å². The molecule has 0 aromatic carbocycles. The van der Waals surface area contributed by atoms with Gasteiger partial charge >= 0.3 is 6.18 Å². The van der Waals surface area contributed by atoms with E-state index >= 15 is 0 Å². The van der Waals surface area contributed by atoms with Crippen LogP contribution in [0.3, 0.4) is 0 Å². The van der Waals surface area contributed by atoms with Crippen LogP contribution in [0.5, 0.6) is 0 Å². The van der Waals surface area contributed by atoms with Gasteiger partial charge in [0.1, 0.15) is 11.2 Å². The van der Waals surface area contributed by atoms with E-state index in [2.05, 4.69) is 30.6 Å². The standard InChI is InChI=1S/C17H17F3N6/c1-10(2)24-16-25-12-4-3-7-21-14(12)15(26-16)23-9-11-5-6-13(22-8-11)17(18,19)20/h3-8,10H,9H2,1-2H3,(H2,23,24,25,26). The molecule has 3 heterocycles. The zero-order valence-electron chi connectivity index (χ0n) is 14.2. The SMILES string of the molecule is CC(C)Nc1nc(NCc2ccc(C(F)(F)F)nc2)c2ncccc2n1. The second kappa shape index (κ2) is 7.11. The molecule has 0 aliphatic rings. The lowest BCUT2D eigenvalue weighted by Crippen LogP contribution is -2.14. The molecule has 0 aliphatic carbocycles. The molecule has 136 valence electrons. The van der Waals surface area contributed by atoms with Crippen molar-refractivity contribution in [3.8, 4) is 0 Å². The molecular formula is C17H17F3N6. The lowest BCUT2D eigenvalue weighted by Gasteiger charge is -2.13. The second-order valence-corrected chi connectivity index (χ2v) is 5.97. The van der Waals surface area contributed by atoms with Crippen molar-refractivity contribution in [3.63, 3.8) is 0 Å². The van der Waals surface area contributed by atoms with E-state index in [1.807, 2.05) is 19.9 Å². The molecule has 0 unspecified atom stereocenters. The summed E-state index contributed by atoms with van der Waals surface area (Å²) < 4.78 is 37.7. The minimum atomic E-state index is -4.45. The predicted octanol–water partition coefficient (Wildman–Crippen LogP) is 3.87. The maximum absolute atomic E-state index is 12.6. The van der Waals surface area contributed by atoms with E-state index in [9.17, 15) is 13.2 Å². The van der Waals surface area contributed by atoms with Crippen LogP contribution in [0.25, 0.3) is 11.0 Å². The maximum atomic E-state index is 12.6. The van der Waals surface area contributed by atoms with Crippen molar-refractivity contribution in [1.82, 2.24) is 19.9 Å². The number of alkyl halides is 3. The van der Waals surface area contributed by atoms with E-state index in [-0.39, 0.29) is 12.6 Å². The Bertz CT molecular complexity index is 893. The number of hydrogen-bond donors (Lipinski definition) is 2. The predicted molar refractivity (Wildman–Crippen MR) is 92.7 cm³/mol. The normalized spacial score (nSPS) is 11.8. The summed E-state index contributed by atoms with van der Waals surface area (Å²) in [7, 11) is 0. The number of aromatic nitrogens is 4. The topological polar surface area (TPSA) is 75.6 Å². The van der Waals surface area contributed by atoms with Gasteiger partial charge in [0.2, 0.25) is 5.95 Å². The van der Waals surface area contributed by atoms with Crippen molar-refractivity contribution >= 4 is 22.8 Å². The average molecular weight is 362 g/mol. The molecule has 6 nitrogen and oxygen atoms in total. The van der Waals surface area contributed by atoms with Crippen LogP contribution in [0.4, 0.5) is 24.9 Å². The highest BCUT2D eigenvalue weighted by molar-refractivity contribution is 5.86. The Morgan fingerprint density at radius 1 is 1.08 bits per heavy atom. The molecule has 3 aromatic rings. The molecule has 0 bridgehead atoms. The van der Waals surface area contributed by atoms with Crippen molar-refractivity contribution in [1.29, 1.82) is 0 Å². The molecule has 0 saturated heterocycles. The first-order valence-electron chi connectivity index (χ1n) is 7.98. The summed E-state index contributed by atoms with van der Waals surface area (Å²) in [5, 5.41) is 6.23. The number of anilines is 2. The first-order valence-corrected chi connectivity index (χ1v) is 7.98. The first kappa shape index (κ1) is 17.8. The molecule has 0 radical (unpaired) electrons. The number of rotatable bonds is 5. The number of hydrogen-bond acceptors (Lipinski definition) is 6. The van der Waals surface area contributed by atoms with Gasteiger partial charge in [0, 0.05) is 25.0 Å². The molecule has 3 aromatic heterocycles. The minimum Gasteiger partial charge on any atom is -0.364 e. The summed E-state index contributed by atoms with van der Waals surface area (Å²) >= 11 is 0. The third kappa shape index (κ3) is 4.16. The Morgan fingerprint density at radius 3 is 2.54 bits per heavy atom. The van der Waals surface area contributed by atoms with Gasteiger partial charge in [-0.25, -0.2) is 4.98 Å². The minimum absolute atomic E-state index is 0.149. The number of pyridine rings is 2. The molecule has 3 rings (SSSR count). The Hall–Kier alpha value is -2.97. The van der Waals surface area contributed by atoms with Gasteiger partial charge in [-0.2, -0.15) is 18.2 Å². The van der Waals surface area contributed by atoms with E-state index < -0.39 is 11.9 Å². The highest BCUT2D eigenvalue weighted by Gasteiger charge is 2.31. The van der Waals surface area contributed by atoms with E-state index in [0.717, 1.165) is 6.07 Å². The van der Waals surface area contributed by atoms with Crippen molar-refractivity contribution in [2.75, 3.05) is 10.6 Å². The number of fused-ring (bicyclic) bond motifs is 1. The van der Waals surface area contributed by atoms with Crippen molar-refractivity contribution in [2.45, 2.75) is 32.6 Å². The van der Waals surface area contributed by atoms with Gasteiger partial charge < -0.3 is 10.6 Å². The highest BCUT2D eigenvalue weighted by Crippen LogP contribution is 2.27. The summed E-state index contributed by atoms with van der Waals surface area (Å²) in [5.41, 5.74) is 0.929. The van der Waals surface area contributed by atoms with Gasteiger partial charge in [0.25, 0.3) is 0 Å². The summed E-state index contributed by atoms with van der Waals surface area (Å²) in [4.78, 5) is 16.6. The van der Waals surface area contributed by atoms with Crippen LogP contribution in [0, 0.1) is 0 Å². The first-order chi connectivity index (χ1) is 12.3. The van der Waals surface area contributed by atoms with Crippen LogP contribution in [0.15, 0.2) is 36.7 Å². The average Bonchev–Trinajstić information content (AvgIpc) is 2.58. The van der Waals surface area contributed by atoms with Crippen molar-refractivity contribution in [2.24, 2.45) is 0 Å². The smallest absolute Gasteiger partial charge is 0.364 e. The summed E-state index contributed by atoms with van der Waals surface area (Å²) in [5.74, 6) is 0.951. The highest BCUT2D eigenvalue weighted by atomic mass is 19.4. The van der Waals surface area contributed by atoms with E-state index in [4.69, 9.17) is 0 Å². The molecule has 0 spiro atoms.